The maximum absolute atomic E-state index is 6.94. The Kier molecular flexibility index (Phi) is 6.68. The first-order valence-corrected chi connectivity index (χ1v) is 17.7. The molecule has 2 heterocycles. The number of thiophene rings is 1. The third kappa shape index (κ3) is 4.65. The Morgan fingerprint density at radius 2 is 0.980 bits per heavy atom. The van der Waals surface area contributed by atoms with Crippen LogP contribution in [-0.2, 0) is 0 Å². The number of furan rings is 1. The number of fused-ring (bicyclic) bond motifs is 8. The molecule has 50 heavy (non-hydrogen) atoms. The van der Waals surface area contributed by atoms with E-state index in [1.807, 2.05) is 11.3 Å². The Balaban J connectivity index is 1.32. The molecule has 3 nitrogen and oxygen atoms in total. The van der Waals surface area contributed by atoms with Gasteiger partial charge < -0.3 is 14.2 Å². The quantitative estimate of drug-likeness (QED) is 0.177. The van der Waals surface area contributed by atoms with Crippen molar-refractivity contribution in [2.24, 2.45) is 0 Å². The lowest BCUT2D eigenvalue weighted by Crippen LogP contribution is -2.13. The van der Waals surface area contributed by atoms with Crippen LogP contribution in [0.25, 0.3) is 52.9 Å². The Hall–Kier alpha value is -6.36. The fourth-order valence-corrected chi connectivity index (χ4v) is 8.51. The predicted molar refractivity (Wildman–Crippen MR) is 213 cm³/mol. The van der Waals surface area contributed by atoms with E-state index in [4.69, 9.17) is 4.42 Å². The minimum Gasteiger partial charge on any atom is -0.454 e. The van der Waals surface area contributed by atoms with E-state index in [-0.39, 0.29) is 0 Å². The summed E-state index contributed by atoms with van der Waals surface area (Å²) in [6.07, 6.45) is 0. The minimum atomic E-state index is 0.849. The van der Waals surface area contributed by atoms with Gasteiger partial charge in [-0.1, -0.05) is 109 Å². The number of nitrogens with zero attached hydrogens (tertiary/aromatic N) is 2. The van der Waals surface area contributed by atoms with Gasteiger partial charge >= 0.3 is 0 Å². The summed E-state index contributed by atoms with van der Waals surface area (Å²) in [4.78, 5) is 4.69. The highest BCUT2D eigenvalue weighted by atomic mass is 32.1. The van der Waals surface area contributed by atoms with Crippen molar-refractivity contribution in [3.63, 3.8) is 0 Å². The van der Waals surface area contributed by atoms with Gasteiger partial charge in [0, 0.05) is 59.4 Å². The number of benzene rings is 8. The van der Waals surface area contributed by atoms with E-state index in [1.165, 1.54) is 30.9 Å². The lowest BCUT2D eigenvalue weighted by atomic mass is 10.0. The highest BCUT2D eigenvalue weighted by Crippen LogP contribution is 2.49. The maximum Gasteiger partial charge on any atom is 0.159 e. The van der Waals surface area contributed by atoms with Crippen molar-refractivity contribution in [3.05, 3.63) is 182 Å². The highest BCUT2D eigenvalue weighted by molar-refractivity contribution is 7.25. The Morgan fingerprint density at radius 3 is 1.70 bits per heavy atom. The van der Waals surface area contributed by atoms with E-state index >= 15 is 0 Å². The van der Waals surface area contributed by atoms with Gasteiger partial charge in [-0.15, -0.1) is 11.3 Å². The summed E-state index contributed by atoms with van der Waals surface area (Å²) >= 11 is 1.84. The van der Waals surface area contributed by atoms with Crippen LogP contribution in [0.15, 0.2) is 186 Å². The van der Waals surface area contributed by atoms with E-state index in [2.05, 4.69) is 192 Å². The van der Waals surface area contributed by atoms with E-state index in [0.29, 0.717) is 0 Å². The monoisotopic (exact) mass is 658 g/mol. The van der Waals surface area contributed by atoms with E-state index in [0.717, 1.165) is 56.1 Å². The van der Waals surface area contributed by atoms with Gasteiger partial charge in [0.2, 0.25) is 0 Å². The number of para-hydroxylation sites is 3. The molecule has 0 aliphatic carbocycles. The molecule has 0 spiro atoms. The van der Waals surface area contributed by atoms with Crippen LogP contribution in [0.4, 0.5) is 34.1 Å². The summed E-state index contributed by atoms with van der Waals surface area (Å²) in [5.74, 6) is 0. The van der Waals surface area contributed by atoms with Crippen LogP contribution in [-0.4, -0.2) is 0 Å². The van der Waals surface area contributed by atoms with Crippen molar-refractivity contribution in [1.29, 1.82) is 0 Å². The molecule has 2 aromatic heterocycles. The molecular weight excluding hydrogens is 629 g/mol. The fourth-order valence-electron chi connectivity index (χ4n) is 7.37. The summed E-state index contributed by atoms with van der Waals surface area (Å²) in [5.41, 5.74) is 8.04. The molecule has 10 aromatic rings. The van der Waals surface area contributed by atoms with Crippen LogP contribution in [0.2, 0.25) is 0 Å². The van der Waals surface area contributed by atoms with E-state index in [9.17, 15) is 0 Å². The van der Waals surface area contributed by atoms with Crippen molar-refractivity contribution in [3.8, 4) is 0 Å². The zero-order valence-corrected chi connectivity index (χ0v) is 27.8. The smallest absolute Gasteiger partial charge is 0.159 e. The van der Waals surface area contributed by atoms with Gasteiger partial charge in [0.1, 0.15) is 5.58 Å². The molecule has 4 heteroatoms. The van der Waals surface area contributed by atoms with Gasteiger partial charge in [-0.3, -0.25) is 0 Å². The van der Waals surface area contributed by atoms with Gasteiger partial charge in [-0.2, -0.15) is 0 Å². The molecular formula is C46H30N2OS. The Bertz CT molecular complexity index is 2780. The first-order valence-electron chi connectivity index (χ1n) is 16.8. The zero-order chi connectivity index (χ0) is 33.0. The summed E-state index contributed by atoms with van der Waals surface area (Å²) < 4.78 is 9.48. The number of hydrogen-bond acceptors (Lipinski definition) is 4. The number of rotatable bonds is 6. The van der Waals surface area contributed by atoms with Gasteiger partial charge in [-0.05, 0) is 83.6 Å². The molecule has 0 fully saturated rings. The molecule has 0 bridgehead atoms. The first kappa shape index (κ1) is 28.6. The van der Waals surface area contributed by atoms with Gasteiger partial charge in [0.05, 0.1) is 5.69 Å². The van der Waals surface area contributed by atoms with Crippen LogP contribution >= 0.6 is 11.3 Å². The van der Waals surface area contributed by atoms with Gasteiger partial charge in [-0.25, -0.2) is 0 Å². The Labute approximate surface area is 293 Å². The molecule has 10 rings (SSSR count). The molecule has 0 aliphatic rings. The summed E-state index contributed by atoms with van der Waals surface area (Å²) in [6.45, 7) is 0. The molecule has 0 N–H and O–H groups in total. The third-order valence-corrected chi connectivity index (χ3v) is 10.7. The first-order chi connectivity index (χ1) is 24.8. The average molecular weight is 659 g/mol. The standard InChI is InChI=1S/C46H30N2OS/c1-4-15-32(16-5-1)47(33-17-6-2-7-18-33)36-28-40-45-37-21-11-10-14-31(37)24-27-42(45)49-46(40)41(29-36)48(34-19-8-3-9-20-34)35-25-26-39-38-22-12-13-23-43(38)50-44(39)30-35/h1-30H. The molecule has 0 amide bonds. The second-order valence-electron chi connectivity index (χ2n) is 12.6. The van der Waals surface area contributed by atoms with Crippen molar-refractivity contribution in [2.45, 2.75) is 0 Å². The molecule has 0 atom stereocenters. The van der Waals surface area contributed by atoms with E-state index in [1.54, 1.807) is 0 Å². The molecule has 0 radical (unpaired) electrons. The number of hydrogen-bond donors (Lipinski definition) is 0. The summed E-state index contributed by atoms with van der Waals surface area (Å²) in [5, 5.41) is 7.12. The van der Waals surface area contributed by atoms with Crippen LogP contribution in [0.3, 0.4) is 0 Å². The van der Waals surface area contributed by atoms with Crippen molar-refractivity contribution < 1.29 is 4.42 Å². The van der Waals surface area contributed by atoms with Crippen LogP contribution in [0, 0.1) is 0 Å². The topological polar surface area (TPSA) is 19.6 Å². The van der Waals surface area contributed by atoms with Crippen molar-refractivity contribution >= 4 is 98.3 Å². The minimum absolute atomic E-state index is 0.849. The normalized spacial score (nSPS) is 11.6. The molecule has 0 unspecified atom stereocenters. The maximum atomic E-state index is 6.94. The van der Waals surface area contributed by atoms with Gasteiger partial charge in [0.25, 0.3) is 0 Å². The van der Waals surface area contributed by atoms with E-state index < -0.39 is 0 Å². The lowest BCUT2D eigenvalue weighted by Gasteiger charge is -2.29. The third-order valence-electron chi connectivity index (χ3n) is 9.59. The van der Waals surface area contributed by atoms with Gasteiger partial charge in [0.15, 0.2) is 5.58 Å². The molecule has 8 aromatic carbocycles. The van der Waals surface area contributed by atoms with Crippen LogP contribution in [0.1, 0.15) is 0 Å². The van der Waals surface area contributed by atoms with Crippen LogP contribution < -0.4 is 9.80 Å². The molecule has 236 valence electrons. The second-order valence-corrected chi connectivity index (χ2v) is 13.6. The number of anilines is 6. The molecule has 0 saturated carbocycles. The summed E-state index contributed by atoms with van der Waals surface area (Å²) in [6, 6.07) is 64.8. The fraction of sp³-hybridized carbons (Fsp3) is 0. The van der Waals surface area contributed by atoms with Crippen LogP contribution in [0.5, 0.6) is 0 Å². The second kappa shape index (κ2) is 11.7. The molecule has 0 aliphatic heterocycles. The largest absolute Gasteiger partial charge is 0.454 e. The SMILES string of the molecule is c1ccc(N(c2ccccc2)c2cc(N(c3ccccc3)c3ccc4c(c3)sc3ccccc34)c3oc4ccc5ccccc5c4c3c2)cc1. The Morgan fingerprint density at radius 1 is 0.380 bits per heavy atom. The predicted octanol–water partition coefficient (Wildman–Crippen LogP) is 14.0. The van der Waals surface area contributed by atoms with Crippen molar-refractivity contribution in [2.75, 3.05) is 9.80 Å². The highest BCUT2D eigenvalue weighted by Gasteiger charge is 2.24. The molecule has 0 saturated heterocycles. The zero-order valence-electron chi connectivity index (χ0n) is 27.0. The van der Waals surface area contributed by atoms with Crippen molar-refractivity contribution in [1.82, 2.24) is 0 Å². The lowest BCUT2D eigenvalue weighted by molar-refractivity contribution is 0.669. The summed E-state index contributed by atoms with van der Waals surface area (Å²) in [7, 11) is 0. The average Bonchev–Trinajstić information content (AvgIpc) is 3.75.